The van der Waals surface area contributed by atoms with Crippen LogP contribution in [0.1, 0.15) is 52.4 Å². The maximum Gasteiger partial charge on any atom is 0.223 e. The van der Waals surface area contributed by atoms with E-state index in [2.05, 4.69) is 39.7 Å². The van der Waals surface area contributed by atoms with Crippen molar-refractivity contribution in [3.63, 3.8) is 0 Å². The molecule has 1 amide bonds. The predicted molar refractivity (Wildman–Crippen MR) is 104 cm³/mol. The van der Waals surface area contributed by atoms with Gasteiger partial charge in [-0.15, -0.1) is 0 Å². The summed E-state index contributed by atoms with van der Waals surface area (Å²) in [7, 11) is 0. The van der Waals surface area contributed by atoms with E-state index in [0.29, 0.717) is 6.54 Å². The van der Waals surface area contributed by atoms with Crippen LogP contribution in [0.4, 0.5) is 0 Å². The van der Waals surface area contributed by atoms with E-state index in [4.69, 9.17) is 0 Å². The molecule has 3 N–H and O–H groups in total. The van der Waals surface area contributed by atoms with Gasteiger partial charge in [-0.05, 0) is 71.0 Å². The van der Waals surface area contributed by atoms with Gasteiger partial charge in [0.05, 0.1) is 0 Å². The van der Waals surface area contributed by atoms with E-state index in [-0.39, 0.29) is 11.8 Å². The van der Waals surface area contributed by atoms with Crippen LogP contribution in [0, 0.1) is 11.8 Å². The minimum Gasteiger partial charge on any atom is -0.357 e. The number of guanidine groups is 1. The third-order valence-corrected chi connectivity index (χ3v) is 5.04. The Labute approximate surface area is 153 Å². The van der Waals surface area contributed by atoms with E-state index < -0.39 is 0 Å². The first-order chi connectivity index (χ1) is 12.2. The highest BCUT2D eigenvalue weighted by Crippen LogP contribution is 2.28. The lowest BCUT2D eigenvalue weighted by Gasteiger charge is -2.30. The summed E-state index contributed by atoms with van der Waals surface area (Å²) in [4.78, 5) is 18.8. The SMILES string of the molecule is CCNC(=NCCCCN1CCC(C)CC1)NCCNC(=O)C1CC1. The van der Waals surface area contributed by atoms with Gasteiger partial charge in [-0.3, -0.25) is 9.79 Å². The van der Waals surface area contributed by atoms with Crippen LogP contribution in [0.15, 0.2) is 4.99 Å². The molecule has 0 aromatic carbocycles. The minimum atomic E-state index is 0.204. The number of nitrogens with one attached hydrogen (secondary N) is 3. The first-order valence-corrected chi connectivity index (χ1v) is 10.2. The van der Waals surface area contributed by atoms with Gasteiger partial charge in [0.2, 0.25) is 5.91 Å². The molecule has 2 fully saturated rings. The zero-order chi connectivity index (χ0) is 17.9. The average Bonchev–Trinajstić information content (AvgIpc) is 3.45. The number of piperidine rings is 1. The maximum absolute atomic E-state index is 11.6. The van der Waals surface area contributed by atoms with Crippen LogP contribution in [-0.4, -0.2) is 62.6 Å². The van der Waals surface area contributed by atoms with Crippen molar-refractivity contribution in [2.24, 2.45) is 16.8 Å². The number of nitrogens with zero attached hydrogens (tertiary/aromatic N) is 2. The number of hydrogen-bond donors (Lipinski definition) is 3. The number of hydrogen-bond acceptors (Lipinski definition) is 3. The second-order valence-electron chi connectivity index (χ2n) is 7.48. The second kappa shape index (κ2) is 11.3. The van der Waals surface area contributed by atoms with Crippen molar-refractivity contribution < 1.29 is 4.79 Å². The average molecular weight is 352 g/mol. The molecule has 1 heterocycles. The Morgan fingerprint density at radius 3 is 2.44 bits per heavy atom. The van der Waals surface area contributed by atoms with Gasteiger partial charge in [-0.1, -0.05) is 6.92 Å². The molecule has 6 heteroatoms. The van der Waals surface area contributed by atoms with E-state index in [9.17, 15) is 4.79 Å². The molecule has 1 saturated heterocycles. The highest BCUT2D eigenvalue weighted by molar-refractivity contribution is 5.81. The van der Waals surface area contributed by atoms with Crippen LogP contribution in [-0.2, 0) is 4.79 Å². The van der Waals surface area contributed by atoms with E-state index in [1.165, 1.54) is 38.9 Å². The molecule has 1 aliphatic carbocycles. The molecule has 0 aromatic heterocycles. The first-order valence-electron chi connectivity index (χ1n) is 10.2. The van der Waals surface area contributed by atoms with Crippen molar-refractivity contribution in [3.8, 4) is 0 Å². The Morgan fingerprint density at radius 1 is 1.04 bits per heavy atom. The third-order valence-electron chi connectivity index (χ3n) is 5.04. The number of unbranched alkanes of at least 4 members (excludes halogenated alkanes) is 1. The van der Waals surface area contributed by atoms with Gasteiger partial charge in [-0.25, -0.2) is 0 Å². The predicted octanol–water partition coefficient (Wildman–Crippen LogP) is 1.58. The fourth-order valence-corrected chi connectivity index (χ4v) is 3.12. The number of carbonyl (C=O) groups excluding carboxylic acids is 1. The zero-order valence-electron chi connectivity index (χ0n) is 16.1. The lowest BCUT2D eigenvalue weighted by Crippen LogP contribution is -2.41. The van der Waals surface area contributed by atoms with Gasteiger partial charge in [0.25, 0.3) is 0 Å². The maximum atomic E-state index is 11.6. The van der Waals surface area contributed by atoms with Crippen LogP contribution < -0.4 is 16.0 Å². The van der Waals surface area contributed by atoms with Gasteiger partial charge in [-0.2, -0.15) is 0 Å². The van der Waals surface area contributed by atoms with E-state index in [0.717, 1.165) is 50.8 Å². The molecule has 0 atom stereocenters. The molecular weight excluding hydrogens is 314 g/mol. The summed E-state index contributed by atoms with van der Waals surface area (Å²) in [5.74, 6) is 2.25. The summed E-state index contributed by atoms with van der Waals surface area (Å²) in [6, 6.07) is 0. The number of carbonyl (C=O) groups is 1. The smallest absolute Gasteiger partial charge is 0.223 e. The summed E-state index contributed by atoms with van der Waals surface area (Å²) in [5, 5.41) is 9.53. The highest BCUT2D eigenvalue weighted by Gasteiger charge is 2.28. The number of rotatable bonds is 10. The highest BCUT2D eigenvalue weighted by atomic mass is 16.2. The topological polar surface area (TPSA) is 68.8 Å². The fraction of sp³-hybridized carbons (Fsp3) is 0.895. The summed E-state index contributed by atoms with van der Waals surface area (Å²) < 4.78 is 0. The van der Waals surface area contributed by atoms with Crippen molar-refractivity contribution in [1.29, 1.82) is 0 Å². The van der Waals surface area contributed by atoms with Gasteiger partial charge in [0, 0.05) is 32.1 Å². The molecule has 0 spiro atoms. The molecule has 6 nitrogen and oxygen atoms in total. The van der Waals surface area contributed by atoms with Gasteiger partial charge in [0.1, 0.15) is 0 Å². The molecule has 0 bridgehead atoms. The number of amides is 1. The van der Waals surface area contributed by atoms with E-state index in [1.54, 1.807) is 0 Å². The Balaban J connectivity index is 1.52. The monoisotopic (exact) mass is 351 g/mol. The molecule has 2 aliphatic rings. The molecule has 0 radical (unpaired) electrons. The Kier molecular flexibility index (Phi) is 9.08. The van der Waals surface area contributed by atoms with Crippen LogP contribution in [0.5, 0.6) is 0 Å². The Morgan fingerprint density at radius 2 is 1.76 bits per heavy atom. The lowest BCUT2D eigenvalue weighted by atomic mass is 9.99. The van der Waals surface area contributed by atoms with Crippen molar-refractivity contribution >= 4 is 11.9 Å². The van der Waals surface area contributed by atoms with E-state index >= 15 is 0 Å². The molecule has 1 saturated carbocycles. The number of aliphatic imine (C=N–C) groups is 1. The molecule has 25 heavy (non-hydrogen) atoms. The second-order valence-corrected chi connectivity index (χ2v) is 7.48. The summed E-state index contributed by atoms with van der Waals surface area (Å²) in [5.41, 5.74) is 0. The summed E-state index contributed by atoms with van der Waals surface area (Å²) in [6.07, 6.45) is 7.16. The largest absolute Gasteiger partial charge is 0.357 e. The molecule has 0 unspecified atom stereocenters. The van der Waals surface area contributed by atoms with Gasteiger partial charge in [0.15, 0.2) is 5.96 Å². The van der Waals surface area contributed by atoms with Gasteiger partial charge < -0.3 is 20.9 Å². The Hall–Kier alpha value is -1.30. The normalized spacial score (nSPS) is 19.7. The molecule has 2 rings (SSSR count). The fourth-order valence-electron chi connectivity index (χ4n) is 3.12. The van der Waals surface area contributed by atoms with E-state index in [1.807, 2.05) is 0 Å². The van der Waals surface area contributed by atoms with Crippen LogP contribution in [0.25, 0.3) is 0 Å². The first kappa shape index (κ1) is 20.0. The standard InChI is InChI=1S/C19H37N5O/c1-3-20-19(23-12-11-21-18(25)17-6-7-17)22-10-4-5-13-24-14-8-16(2)9-15-24/h16-17H,3-15H2,1-2H3,(H,21,25)(H2,20,22,23). The van der Waals surface area contributed by atoms with Crippen molar-refractivity contribution in [2.45, 2.75) is 52.4 Å². The number of likely N-dealkylation sites (tertiary alicyclic amines) is 1. The van der Waals surface area contributed by atoms with Crippen molar-refractivity contribution in [3.05, 3.63) is 0 Å². The van der Waals surface area contributed by atoms with Crippen molar-refractivity contribution in [2.75, 3.05) is 45.8 Å². The van der Waals surface area contributed by atoms with Crippen LogP contribution in [0.2, 0.25) is 0 Å². The molecule has 1 aliphatic heterocycles. The van der Waals surface area contributed by atoms with Gasteiger partial charge >= 0.3 is 0 Å². The summed E-state index contributed by atoms with van der Waals surface area (Å²) in [6.45, 7) is 11.3. The summed E-state index contributed by atoms with van der Waals surface area (Å²) >= 11 is 0. The van der Waals surface area contributed by atoms with Crippen LogP contribution in [0.3, 0.4) is 0 Å². The Bertz CT molecular complexity index is 414. The van der Waals surface area contributed by atoms with Crippen molar-refractivity contribution in [1.82, 2.24) is 20.9 Å². The molecule has 0 aromatic rings. The minimum absolute atomic E-state index is 0.204. The van der Waals surface area contributed by atoms with Crippen LogP contribution >= 0.6 is 0 Å². The molecule has 144 valence electrons. The quantitative estimate of drug-likeness (QED) is 0.318. The third kappa shape index (κ3) is 8.56. The zero-order valence-corrected chi connectivity index (χ0v) is 16.1. The molecular formula is C19H37N5O. The lowest BCUT2D eigenvalue weighted by molar-refractivity contribution is -0.122.